The Kier molecular flexibility index (Phi) is 4.78. The molecule has 0 spiro atoms. The molecular weight excluding hydrogens is 361 g/mol. The molecule has 3 rings (SSSR count). The zero-order chi connectivity index (χ0) is 16.4. The van der Waals surface area contributed by atoms with Crippen LogP contribution in [0.1, 0.15) is 40.2 Å². The lowest BCUT2D eigenvalue weighted by molar-refractivity contribution is 0.0697. The van der Waals surface area contributed by atoms with Crippen LogP contribution in [-0.4, -0.2) is 17.1 Å². The molecule has 2 aromatic carbocycles. The van der Waals surface area contributed by atoms with E-state index < -0.39 is 5.97 Å². The van der Waals surface area contributed by atoms with Crippen molar-refractivity contribution >= 4 is 21.9 Å². The van der Waals surface area contributed by atoms with E-state index in [1.165, 1.54) is 11.6 Å². The van der Waals surface area contributed by atoms with Crippen LogP contribution in [0.25, 0.3) is 0 Å². The minimum absolute atomic E-state index is 0.229. The Hall–Kier alpha value is -1.72. The van der Waals surface area contributed by atoms with Gasteiger partial charge in [0.15, 0.2) is 0 Å². The van der Waals surface area contributed by atoms with E-state index in [0.717, 1.165) is 24.9 Å². The summed E-state index contributed by atoms with van der Waals surface area (Å²) >= 11 is 3.23. The lowest BCUT2D eigenvalue weighted by Gasteiger charge is -2.36. The van der Waals surface area contributed by atoms with Crippen LogP contribution >= 0.6 is 15.9 Å². The van der Waals surface area contributed by atoms with Crippen molar-refractivity contribution in [3.63, 3.8) is 0 Å². The molecule has 2 N–H and O–H groups in total. The fourth-order valence-electron chi connectivity index (χ4n) is 2.85. The predicted molar refractivity (Wildman–Crippen MR) is 90.1 cm³/mol. The van der Waals surface area contributed by atoms with E-state index in [1.54, 1.807) is 12.1 Å². The third kappa shape index (κ3) is 3.79. The number of hydrogen-bond donors (Lipinski definition) is 2. The molecule has 1 aliphatic carbocycles. The van der Waals surface area contributed by atoms with Gasteiger partial charge in [0.2, 0.25) is 0 Å². The SMILES string of the molecule is O=C(O)c1ccc(CNC2CC(c3ccc(F)c(Br)c3)C2)cc1. The zero-order valence-electron chi connectivity index (χ0n) is 12.4. The minimum Gasteiger partial charge on any atom is -0.478 e. The molecule has 1 aliphatic rings. The number of benzene rings is 2. The summed E-state index contributed by atoms with van der Waals surface area (Å²) in [7, 11) is 0. The summed E-state index contributed by atoms with van der Waals surface area (Å²) in [6.07, 6.45) is 2.07. The first-order valence-electron chi connectivity index (χ1n) is 7.53. The molecule has 2 aromatic rings. The van der Waals surface area contributed by atoms with Gasteiger partial charge in [0, 0.05) is 12.6 Å². The number of aromatic carboxylic acids is 1. The molecule has 0 heterocycles. The number of rotatable bonds is 5. The van der Waals surface area contributed by atoms with E-state index in [0.29, 0.717) is 22.0 Å². The first kappa shape index (κ1) is 16.1. The summed E-state index contributed by atoms with van der Waals surface area (Å²) in [5, 5.41) is 12.3. The first-order chi connectivity index (χ1) is 11.0. The maximum atomic E-state index is 13.3. The average molecular weight is 378 g/mol. The van der Waals surface area contributed by atoms with Crippen LogP contribution in [0.2, 0.25) is 0 Å². The number of halogens is 2. The average Bonchev–Trinajstić information content (AvgIpc) is 2.49. The van der Waals surface area contributed by atoms with Crippen LogP contribution in [0.15, 0.2) is 46.9 Å². The zero-order valence-corrected chi connectivity index (χ0v) is 14.0. The summed E-state index contributed by atoms with van der Waals surface area (Å²) in [6, 6.07) is 12.6. The van der Waals surface area contributed by atoms with Gasteiger partial charge in [-0.3, -0.25) is 0 Å². The van der Waals surface area contributed by atoms with Crippen LogP contribution in [-0.2, 0) is 6.54 Å². The molecule has 0 aliphatic heterocycles. The monoisotopic (exact) mass is 377 g/mol. The second kappa shape index (κ2) is 6.81. The lowest BCUT2D eigenvalue weighted by atomic mass is 9.76. The molecular formula is C18H17BrFNO2. The minimum atomic E-state index is -0.906. The van der Waals surface area contributed by atoms with Crippen LogP contribution < -0.4 is 5.32 Å². The molecule has 120 valence electrons. The Balaban J connectivity index is 1.48. The highest BCUT2D eigenvalue weighted by Crippen LogP contribution is 2.38. The number of hydrogen-bond acceptors (Lipinski definition) is 2. The van der Waals surface area contributed by atoms with Crippen molar-refractivity contribution in [1.82, 2.24) is 5.32 Å². The van der Waals surface area contributed by atoms with Gasteiger partial charge in [0.1, 0.15) is 5.82 Å². The highest BCUT2D eigenvalue weighted by molar-refractivity contribution is 9.10. The summed E-state index contributed by atoms with van der Waals surface area (Å²) < 4.78 is 13.8. The molecule has 0 radical (unpaired) electrons. The molecule has 0 saturated heterocycles. The van der Waals surface area contributed by atoms with E-state index in [2.05, 4.69) is 21.2 Å². The van der Waals surface area contributed by atoms with Crippen LogP contribution in [0, 0.1) is 5.82 Å². The molecule has 23 heavy (non-hydrogen) atoms. The fraction of sp³-hybridized carbons (Fsp3) is 0.278. The smallest absolute Gasteiger partial charge is 0.335 e. The lowest BCUT2D eigenvalue weighted by Crippen LogP contribution is -2.39. The molecule has 1 saturated carbocycles. The summed E-state index contributed by atoms with van der Waals surface area (Å²) in [6.45, 7) is 0.727. The summed E-state index contributed by atoms with van der Waals surface area (Å²) in [4.78, 5) is 10.8. The van der Waals surface area contributed by atoms with Crippen molar-refractivity contribution in [2.75, 3.05) is 0 Å². The van der Waals surface area contributed by atoms with Gasteiger partial charge in [-0.1, -0.05) is 18.2 Å². The Bertz CT molecular complexity index is 711. The Morgan fingerprint density at radius 3 is 2.52 bits per heavy atom. The molecule has 5 heteroatoms. The van der Waals surface area contributed by atoms with Gasteiger partial charge in [-0.15, -0.1) is 0 Å². The number of carboxylic acids is 1. The van der Waals surface area contributed by atoms with Gasteiger partial charge in [-0.05, 0) is 70.1 Å². The summed E-state index contributed by atoms with van der Waals surface area (Å²) in [5.41, 5.74) is 2.55. The predicted octanol–water partition coefficient (Wildman–Crippen LogP) is 4.32. The quantitative estimate of drug-likeness (QED) is 0.815. The van der Waals surface area contributed by atoms with Gasteiger partial charge in [-0.2, -0.15) is 0 Å². The molecule has 0 amide bonds. The van der Waals surface area contributed by atoms with E-state index in [4.69, 9.17) is 5.11 Å². The van der Waals surface area contributed by atoms with E-state index in [-0.39, 0.29) is 5.82 Å². The normalized spacial score (nSPS) is 20.1. The summed E-state index contributed by atoms with van der Waals surface area (Å²) in [5.74, 6) is -0.664. The molecule has 0 atom stereocenters. The maximum Gasteiger partial charge on any atom is 0.335 e. The highest BCUT2D eigenvalue weighted by Gasteiger charge is 2.30. The number of nitrogens with one attached hydrogen (secondary N) is 1. The van der Waals surface area contributed by atoms with Crippen LogP contribution in [0.3, 0.4) is 0 Å². The fourth-order valence-corrected chi connectivity index (χ4v) is 3.25. The molecule has 1 fully saturated rings. The first-order valence-corrected chi connectivity index (χ1v) is 8.33. The topological polar surface area (TPSA) is 49.3 Å². The Labute approximate surface area is 142 Å². The van der Waals surface area contributed by atoms with E-state index in [9.17, 15) is 9.18 Å². The second-order valence-corrected chi connectivity index (χ2v) is 6.78. The number of carboxylic acid groups (broad SMARTS) is 1. The van der Waals surface area contributed by atoms with Crippen molar-refractivity contribution in [3.8, 4) is 0 Å². The van der Waals surface area contributed by atoms with Crippen molar-refractivity contribution in [1.29, 1.82) is 0 Å². The number of carbonyl (C=O) groups is 1. The van der Waals surface area contributed by atoms with Crippen molar-refractivity contribution in [3.05, 3.63) is 69.4 Å². The van der Waals surface area contributed by atoms with Gasteiger partial charge in [0.25, 0.3) is 0 Å². The maximum absolute atomic E-state index is 13.3. The van der Waals surface area contributed by atoms with E-state index >= 15 is 0 Å². The van der Waals surface area contributed by atoms with Gasteiger partial charge in [0.05, 0.1) is 10.0 Å². The second-order valence-electron chi connectivity index (χ2n) is 5.92. The van der Waals surface area contributed by atoms with Gasteiger partial charge >= 0.3 is 5.97 Å². The Morgan fingerprint density at radius 1 is 1.22 bits per heavy atom. The standard InChI is InChI=1S/C18H17BrFNO2/c19-16-9-13(5-6-17(16)20)14-7-15(8-14)21-10-11-1-3-12(4-2-11)18(22)23/h1-6,9,14-15,21H,7-8,10H2,(H,22,23). The van der Waals surface area contributed by atoms with E-state index in [1.807, 2.05) is 24.3 Å². The van der Waals surface area contributed by atoms with Gasteiger partial charge in [-0.25, -0.2) is 9.18 Å². The molecule has 0 bridgehead atoms. The van der Waals surface area contributed by atoms with Crippen molar-refractivity contribution in [2.45, 2.75) is 31.3 Å². The third-order valence-electron chi connectivity index (χ3n) is 4.35. The highest BCUT2D eigenvalue weighted by atomic mass is 79.9. The van der Waals surface area contributed by atoms with Crippen molar-refractivity contribution in [2.24, 2.45) is 0 Å². The van der Waals surface area contributed by atoms with Gasteiger partial charge < -0.3 is 10.4 Å². The van der Waals surface area contributed by atoms with Crippen LogP contribution in [0.4, 0.5) is 4.39 Å². The van der Waals surface area contributed by atoms with Crippen LogP contribution in [0.5, 0.6) is 0 Å². The largest absolute Gasteiger partial charge is 0.478 e. The third-order valence-corrected chi connectivity index (χ3v) is 4.96. The molecule has 0 unspecified atom stereocenters. The molecule has 0 aromatic heterocycles. The molecule has 3 nitrogen and oxygen atoms in total. The van der Waals surface area contributed by atoms with Crippen molar-refractivity contribution < 1.29 is 14.3 Å². The Morgan fingerprint density at radius 2 is 1.91 bits per heavy atom.